The van der Waals surface area contributed by atoms with Crippen molar-refractivity contribution in [2.45, 2.75) is 63.7 Å². The second kappa shape index (κ2) is 12.1. The maximum Gasteiger partial charge on any atom is 0.217 e. The van der Waals surface area contributed by atoms with Gasteiger partial charge in [0.05, 0.1) is 6.10 Å². The Hall–Kier alpha value is -1.54. The van der Waals surface area contributed by atoms with Gasteiger partial charge < -0.3 is 9.66 Å². The molecule has 4 unspecified atom stereocenters. The minimum absolute atomic E-state index is 0.185. The van der Waals surface area contributed by atoms with Crippen LogP contribution in [-0.2, 0) is 31.2 Å². The molecule has 1 aliphatic carbocycles. The van der Waals surface area contributed by atoms with Crippen LogP contribution in [0.15, 0.2) is 53.4 Å². The van der Waals surface area contributed by atoms with E-state index < -0.39 is 16.5 Å². The largest absolute Gasteiger partial charge is 0.726 e. The van der Waals surface area contributed by atoms with Crippen LogP contribution in [0, 0.1) is 24.7 Å². The molecule has 3 rings (SSSR count). The van der Waals surface area contributed by atoms with Gasteiger partial charge in [-0.1, -0.05) is 57.0 Å². The molecule has 0 aliphatic heterocycles. The molecular formula is C25H36O5S2. The van der Waals surface area contributed by atoms with Gasteiger partial charge in [0.1, 0.15) is 17.8 Å². The molecule has 2 aromatic carbocycles. The molecule has 178 valence electrons. The SMILES string of the molecule is CC1CCC(C(C)C)C(OS(=O)(=O)[O-])C1.Cc1ccc(C[S+](C)c2ccc(O)cc2)cc1. The van der Waals surface area contributed by atoms with Gasteiger partial charge in [0.15, 0.2) is 4.90 Å². The van der Waals surface area contributed by atoms with Crippen LogP contribution in [0.1, 0.15) is 51.2 Å². The minimum atomic E-state index is -4.56. The van der Waals surface area contributed by atoms with Gasteiger partial charge in [-0.15, -0.1) is 0 Å². The molecule has 4 atom stereocenters. The number of rotatable bonds is 6. The number of phenols is 1. The van der Waals surface area contributed by atoms with Gasteiger partial charge in [0.2, 0.25) is 10.4 Å². The van der Waals surface area contributed by atoms with Crippen molar-refractivity contribution in [3.8, 4) is 5.75 Å². The Morgan fingerprint density at radius 3 is 2.22 bits per heavy atom. The lowest BCUT2D eigenvalue weighted by Gasteiger charge is -2.37. The Bertz CT molecular complexity index is 924. The highest BCUT2D eigenvalue weighted by molar-refractivity contribution is 7.95. The first-order chi connectivity index (χ1) is 14.9. The van der Waals surface area contributed by atoms with E-state index in [0.717, 1.165) is 18.6 Å². The fourth-order valence-electron chi connectivity index (χ4n) is 4.07. The van der Waals surface area contributed by atoms with Gasteiger partial charge in [0, 0.05) is 16.5 Å². The maximum absolute atomic E-state index is 10.6. The molecule has 0 aromatic heterocycles. The lowest BCUT2D eigenvalue weighted by molar-refractivity contribution is 0.0411. The zero-order chi connectivity index (χ0) is 23.9. The highest BCUT2D eigenvalue weighted by atomic mass is 32.3. The summed E-state index contributed by atoms with van der Waals surface area (Å²) in [5, 5.41) is 9.26. The number of phenolic OH excluding ortho intramolecular Hbond substituents is 1. The smallest absolute Gasteiger partial charge is 0.217 e. The lowest BCUT2D eigenvalue weighted by Crippen LogP contribution is -2.35. The van der Waals surface area contributed by atoms with Crippen molar-refractivity contribution in [2.24, 2.45) is 17.8 Å². The molecular weight excluding hydrogens is 444 g/mol. The molecule has 0 heterocycles. The van der Waals surface area contributed by atoms with Crippen LogP contribution in [0.5, 0.6) is 5.75 Å². The third-order valence-corrected chi connectivity index (χ3v) is 8.27. The van der Waals surface area contributed by atoms with Crippen molar-refractivity contribution < 1.29 is 22.3 Å². The van der Waals surface area contributed by atoms with E-state index in [1.807, 2.05) is 26.0 Å². The monoisotopic (exact) mass is 480 g/mol. The Balaban J connectivity index is 0.000000229. The summed E-state index contributed by atoms with van der Waals surface area (Å²) in [7, 11) is -4.37. The summed E-state index contributed by atoms with van der Waals surface area (Å²) in [6, 6.07) is 16.2. The zero-order valence-electron chi connectivity index (χ0n) is 19.7. The van der Waals surface area contributed by atoms with Gasteiger partial charge in [-0.25, -0.2) is 8.42 Å². The number of hydrogen-bond donors (Lipinski definition) is 1. The quantitative estimate of drug-likeness (QED) is 0.338. The van der Waals surface area contributed by atoms with Crippen molar-refractivity contribution in [3.05, 3.63) is 59.7 Å². The van der Waals surface area contributed by atoms with Crippen LogP contribution in [-0.4, -0.2) is 30.4 Å². The first kappa shape index (κ1) is 26.7. The average molecular weight is 481 g/mol. The van der Waals surface area contributed by atoms with E-state index in [2.05, 4.69) is 48.6 Å². The van der Waals surface area contributed by atoms with Crippen LogP contribution in [0.4, 0.5) is 0 Å². The molecule has 0 spiro atoms. The van der Waals surface area contributed by atoms with Gasteiger partial charge in [0.25, 0.3) is 0 Å². The summed E-state index contributed by atoms with van der Waals surface area (Å²) in [6.45, 7) is 8.24. The molecule has 0 radical (unpaired) electrons. The van der Waals surface area contributed by atoms with Gasteiger partial charge in [-0.2, -0.15) is 0 Å². The summed E-state index contributed by atoms with van der Waals surface area (Å²) in [4.78, 5) is 1.29. The number of aryl methyl sites for hydroxylation is 1. The fourth-order valence-corrected chi connectivity index (χ4v) is 6.06. The Morgan fingerprint density at radius 2 is 1.69 bits per heavy atom. The van der Waals surface area contributed by atoms with Crippen molar-refractivity contribution in [1.29, 1.82) is 0 Å². The van der Waals surface area contributed by atoms with Gasteiger partial charge in [-0.05, 0) is 61.8 Å². The molecule has 1 fully saturated rings. The number of aromatic hydroxyl groups is 1. The van der Waals surface area contributed by atoms with E-state index in [9.17, 15) is 18.1 Å². The highest BCUT2D eigenvalue weighted by Gasteiger charge is 2.32. The minimum Gasteiger partial charge on any atom is -0.726 e. The van der Waals surface area contributed by atoms with Crippen LogP contribution < -0.4 is 0 Å². The number of hydrogen-bond acceptors (Lipinski definition) is 5. The molecule has 7 heteroatoms. The van der Waals surface area contributed by atoms with Gasteiger partial charge >= 0.3 is 0 Å². The lowest BCUT2D eigenvalue weighted by atomic mass is 9.75. The zero-order valence-corrected chi connectivity index (χ0v) is 21.3. The highest BCUT2D eigenvalue weighted by Crippen LogP contribution is 2.35. The van der Waals surface area contributed by atoms with Gasteiger partial charge in [-0.3, -0.25) is 4.18 Å². The molecule has 5 nitrogen and oxygen atoms in total. The molecule has 0 amide bonds. The third-order valence-electron chi connectivity index (χ3n) is 5.95. The summed E-state index contributed by atoms with van der Waals surface area (Å²) >= 11 is 0. The van der Waals surface area contributed by atoms with E-state index in [-0.39, 0.29) is 16.8 Å². The van der Waals surface area contributed by atoms with Crippen molar-refractivity contribution >= 4 is 21.3 Å². The van der Waals surface area contributed by atoms with E-state index in [4.69, 9.17) is 0 Å². The molecule has 0 bridgehead atoms. The van der Waals surface area contributed by atoms with Crippen LogP contribution in [0.2, 0.25) is 0 Å². The van der Waals surface area contributed by atoms with Crippen LogP contribution in [0.25, 0.3) is 0 Å². The molecule has 0 saturated heterocycles. The van der Waals surface area contributed by atoms with E-state index in [1.54, 1.807) is 12.1 Å². The summed E-state index contributed by atoms with van der Waals surface area (Å²) in [5.74, 6) is 2.37. The van der Waals surface area contributed by atoms with Crippen molar-refractivity contribution in [1.82, 2.24) is 0 Å². The van der Waals surface area contributed by atoms with Crippen molar-refractivity contribution in [2.75, 3.05) is 6.26 Å². The van der Waals surface area contributed by atoms with E-state index >= 15 is 0 Å². The normalized spacial score (nSPS) is 22.2. The second-order valence-electron chi connectivity index (χ2n) is 9.13. The molecule has 1 aliphatic rings. The average Bonchev–Trinajstić information content (AvgIpc) is 2.69. The van der Waals surface area contributed by atoms with Crippen LogP contribution in [0.3, 0.4) is 0 Å². The third kappa shape index (κ3) is 9.14. The summed E-state index contributed by atoms with van der Waals surface area (Å²) < 4.78 is 36.4. The molecule has 1 N–H and O–H groups in total. The second-order valence-corrected chi connectivity index (χ2v) is 12.2. The summed E-state index contributed by atoms with van der Waals surface area (Å²) in [6.07, 6.45) is 4.52. The van der Waals surface area contributed by atoms with Crippen LogP contribution >= 0.6 is 0 Å². The predicted octanol–water partition coefficient (Wildman–Crippen LogP) is 5.43. The van der Waals surface area contributed by atoms with Crippen molar-refractivity contribution in [3.63, 3.8) is 0 Å². The van der Waals surface area contributed by atoms with E-state index in [0.29, 0.717) is 24.0 Å². The van der Waals surface area contributed by atoms with E-state index in [1.165, 1.54) is 16.0 Å². The fraction of sp³-hybridized carbons (Fsp3) is 0.520. The summed E-state index contributed by atoms with van der Waals surface area (Å²) in [5.41, 5.74) is 2.67. The Kier molecular flexibility index (Phi) is 10.1. The predicted molar refractivity (Wildman–Crippen MR) is 130 cm³/mol. The number of benzene rings is 2. The molecule has 2 aromatic rings. The standard InChI is InChI=1S/C15H16OS.C10H20O4S/c1-12-3-5-13(6-4-12)11-17(2)15-9-7-14(16)8-10-15;1-7(2)9-5-4-8(3)6-10(9)14-15(11,12)13/h3-10H,11H2,1-2H3;7-10H,4-6H2,1-3H3,(H,11,12,13). The molecule has 1 saturated carbocycles. The Labute approximate surface area is 196 Å². The first-order valence-electron chi connectivity index (χ1n) is 11.1. The molecule has 32 heavy (non-hydrogen) atoms. The first-order valence-corrected chi connectivity index (χ1v) is 14.2. The Morgan fingerprint density at radius 1 is 1.09 bits per heavy atom. The topological polar surface area (TPSA) is 86.7 Å². The maximum atomic E-state index is 10.6.